The summed E-state index contributed by atoms with van der Waals surface area (Å²) in [5.41, 5.74) is 1.51. The molecule has 5 nitrogen and oxygen atoms in total. The Morgan fingerprint density at radius 3 is 2.76 bits per heavy atom. The van der Waals surface area contributed by atoms with Gasteiger partial charge in [0.2, 0.25) is 0 Å². The molecule has 0 saturated carbocycles. The van der Waals surface area contributed by atoms with Gasteiger partial charge in [0, 0.05) is 0 Å². The van der Waals surface area contributed by atoms with E-state index < -0.39 is 18.1 Å². The molecule has 1 aromatic rings. The van der Waals surface area contributed by atoms with Gasteiger partial charge in [-0.05, 0) is 24.5 Å². The van der Waals surface area contributed by atoms with Crippen molar-refractivity contribution in [1.82, 2.24) is 0 Å². The number of esters is 1. The van der Waals surface area contributed by atoms with Gasteiger partial charge >= 0.3 is 12.1 Å². The van der Waals surface area contributed by atoms with E-state index in [-0.39, 0.29) is 0 Å². The summed E-state index contributed by atoms with van der Waals surface area (Å²) in [5.74, 6) is -0.512. The van der Waals surface area contributed by atoms with Gasteiger partial charge in [0.15, 0.2) is 0 Å². The molecule has 1 aromatic carbocycles. The molecule has 5 heteroatoms. The average Bonchev–Trinajstić information content (AvgIpc) is 2.36. The van der Waals surface area contributed by atoms with Crippen molar-refractivity contribution >= 4 is 17.7 Å². The van der Waals surface area contributed by atoms with Crippen LogP contribution in [0.5, 0.6) is 0 Å². The molecule has 0 spiro atoms. The van der Waals surface area contributed by atoms with Gasteiger partial charge in [-0.3, -0.25) is 4.90 Å². The van der Waals surface area contributed by atoms with Crippen molar-refractivity contribution in [2.24, 2.45) is 0 Å². The molecule has 0 radical (unpaired) electrons. The maximum absolute atomic E-state index is 11.6. The molecule has 0 bridgehead atoms. The largest absolute Gasteiger partial charge is 0.467 e. The van der Waals surface area contributed by atoms with E-state index in [4.69, 9.17) is 0 Å². The summed E-state index contributed by atoms with van der Waals surface area (Å²) in [6.45, 7) is 0. The number of carboxylic acid groups (broad SMARTS) is 1. The zero-order chi connectivity index (χ0) is 12.4. The first-order chi connectivity index (χ1) is 8.15. The molecule has 1 heterocycles. The van der Waals surface area contributed by atoms with Crippen LogP contribution in [-0.4, -0.2) is 30.3 Å². The van der Waals surface area contributed by atoms with E-state index in [1.165, 1.54) is 7.11 Å². The molecule has 1 N–H and O–H groups in total. The Kier molecular flexibility index (Phi) is 2.99. The quantitative estimate of drug-likeness (QED) is 0.752. The lowest BCUT2D eigenvalue weighted by Gasteiger charge is -2.33. The van der Waals surface area contributed by atoms with Gasteiger partial charge in [0.25, 0.3) is 0 Å². The van der Waals surface area contributed by atoms with Crippen LogP contribution in [0.25, 0.3) is 0 Å². The first-order valence-corrected chi connectivity index (χ1v) is 5.33. The lowest BCUT2D eigenvalue weighted by Crippen LogP contribution is -2.48. The zero-order valence-corrected chi connectivity index (χ0v) is 9.42. The number of hydrogen-bond donors (Lipinski definition) is 1. The van der Waals surface area contributed by atoms with E-state index in [2.05, 4.69) is 4.74 Å². The molecular weight excluding hydrogens is 222 g/mol. The van der Waals surface area contributed by atoms with E-state index in [1.54, 1.807) is 12.1 Å². The molecule has 0 aliphatic carbocycles. The fourth-order valence-electron chi connectivity index (χ4n) is 2.14. The molecule has 0 aromatic heterocycles. The second kappa shape index (κ2) is 4.45. The van der Waals surface area contributed by atoms with Crippen molar-refractivity contribution in [1.29, 1.82) is 0 Å². The Morgan fingerprint density at radius 1 is 1.41 bits per heavy atom. The van der Waals surface area contributed by atoms with Crippen LogP contribution in [0.1, 0.15) is 12.0 Å². The standard InChI is InChI=1S/C12H13NO4/c1-17-11(14)10-7-6-8-4-2-3-5-9(8)13(10)12(15)16/h2-5,10H,6-7H2,1H3,(H,15,16). The minimum absolute atomic E-state index is 0.454. The highest BCUT2D eigenvalue weighted by Gasteiger charge is 2.36. The van der Waals surface area contributed by atoms with Crippen molar-refractivity contribution < 1.29 is 19.4 Å². The molecule has 1 aliphatic heterocycles. The van der Waals surface area contributed by atoms with Crippen molar-refractivity contribution in [2.75, 3.05) is 12.0 Å². The molecule has 90 valence electrons. The minimum atomic E-state index is -1.13. The fourth-order valence-corrected chi connectivity index (χ4v) is 2.14. The topological polar surface area (TPSA) is 66.8 Å². The normalized spacial score (nSPS) is 18.4. The number of fused-ring (bicyclic) bond motifs is 1. The highest BCUT2D eigenvalue weighted by molar-refractivity contribution is 5.96. The van der Waals surface area contributed by atoms with Crippen LogP contribution in [0.3, 0.4) is 0 Å². The number of ether oxygens (including phenoxy) is 1. The monoisotopic (exact) mass is 235 g/mol. The van der Waals surface area contributed by atoms with E-state index in [0.717, 1.165) is 10.5 Å². The summed E-state index contributed by atoms with van der Waals surface area (Å²) in [6.07, 6.45) is 0.00273. The van der Waals surface area contributed by atoms with Crippen LogP contribution < -0.4 is 4.90 Å². The second-order valence-electron chi connectivity index (χ2n) is 3.86. The van der Waals surface area contributed by atoms with Crippen molar-refractivity contribution in [3.05, 3.63) is 29.8 Å². The maximum Gasteiger partial charge on any atom is 0.412 e. The Morgan fingerprint density at radius 2 is 2.12 bits per heavy atom. The number of rotatable bonds is 1. The molecule has 1 aliphatic rings. The lowest BCUT2D eigenvalue weighted by atomic mass is 9.96. The number of anilines is 1. The Balaban J connectivity index is 2.43. The van der Waals surface area contributed by atoms with Crippen LogP contribution >= 0.6 is 0 Å². The lowest BCUT2D eigenvalue weighted by molar-refractivity contribution is -0.142. The van der Waals surface area contributed by atoms with Crippen LogP contribution in [0.2, 0.25) is 0 Å². The first-order valence-electron chi connectivity index (χ1n) is 5.33. The summed E-state index contributed by atoms with van der Waals surface area (Å²) in [4.78, 5) is 23.9. The molecule has 0 saturated heterocycles. The predicted molar refractivity (Wildman–Crippen MR) is 61.1 cm³/mol. The number of benzene rings is 1. The van der Waals surface area contributed by atoms with Gasteiger partial charge in [-0.25, -0.2) is 9.59 Å². The highest BCUT2D eigenvalue weighted by Crippen LogP contribution is 2.30. The van der Waals surface area contributed by atoms with Crippen LogP contribution in [0.15, 0.2) is 24.3 Å². The Bertz CT molecular complexity index is 458. The summed E-state index contributed by atoms with van der Waals surface area (Å²) >= 11 is 0. The van der Waals surface area contributed by atoms with Gasteiger partial charge in [-0.2, -0.15) is 0 Å². The number of carbonyl (C=O) groups excluding carboxylic acids is 1. The predicted octanol–water partition coefficient (Wildman–Crippen LogP) is 1.66. The summed E-state index contributed by atoms with van der Waals surface area (Å²) < 4.78 is 4.64. The third-order valence-electron chi connectivity index (χ3n) is 2.93. The second-order valence-corrected chi connectivity index (χ2v) is 3.86. The van der Waals surface area contributed by atoms with Gasteiger partial charge in [-0.1, -0.05) is 18.2 Å². The van der Waals surface area contributed by atoms with Crippen molar-refractivity contribution in [3.63, 3.8) is 0 Å². The van der Waals surface area contributed by atoms with Crippen LogP contribution in [-0.2, 0) is 16.0 Å². The van der Waals surface area contributed by atoms with Gasteiger partial charge in [0.05, 0.1) is 12.8 Å². The molecule has 2 rings (SSSR count). The number of para-hydroxylation sites is 1. The number of nitrogens with zero attached hydrogens (tertiary/aromatic N) is 1. The number of carbonyl (C=O) groups is 2. The molecule has 1 unspecified atom stereocenters. The van der Waals surface area contributed by atoms with Crippen molar-refractivity contribution in [2.45, 2.75) is 18.9 Å². The number of aryl methyl sites for hydroxylation is 1. The Labute approximate surface area is 98.6 Å². The summed E-state index contributed by atoms with van der Waals surface area (Å²) in [7, 11) is 1.27. The number of methoxy groups -OCH3 is 1. The van der Waals surface area contributed by atoms with Gasteiger partial charge < -0.3 is 9.84 Å². The molecule has 17 heavy (non-hydrogen) atoms. The third kappa shape index (κ3) is 1.95. The van der Waals surface area contributed by atoms with Gasteiger partial charge in [-0.15, -0.1) is 0 Å². The zero-order valence-electron chi connectivity index (χ0n) is 9.42. The number of hydrogen-bond acceptors (Lipinski definition) is 3. The molecular formula is C12H13NO4. The highest BCUT2D eigenvalue weighted by atomic mass is 16.5. The van der Waals surface area contributed by atoms with E-state index >= 15 is 0 Å². The molecule has 0 fully saturated rings. The number of amides is 1. The van der Waals surface area contributed by atoms with E-state index in [9.17, 15) is 14.7 Å². The first kappa shape index (κ1) is 11.4. The fraction of sp³-hybridized carbons (Fsp3) is 0.333. The van der Waals surface area contributed by atoms with Crippen LogP contribution in [0.4, 0.5) is 10.5 Å². The summed E-state index contributed by atoms with van der Waals surface area (Å²) in [5, 5.41) is 9.22. The third-order valence-corrected chi connectivity index (χ3v) is 2.93. The molecule has 1 atom stereocenters. The SMILES string of the molecule is COC(=O)C1CCc2ccccc2N1C(=O)O. The van der Waals surface area contributed by atoms with Crippen LogP contribution in [0, 0.1) is 0 Å². The average molecular weight is 235 g/mol. The smallest absolute Gasteiger partial charge is 0.412 e. The van der Waals surface area contributed by atoms with E-state index in [1.807, 2.05) is 12.1 Å². The Hall–Kier alpha value is -2.04. The van der Waals surface area contributed by atoms with Crippen molar-refractivity contribution in [3.8, 4) is 0 Å². The minimum Gasteiger partial charge on any atom is -0.467 e. The van der Waals surface area contributed by atoms with Gasteiger partial charge in [0.1, 0.15) is 6.04 Å². The molecule has 1 amide bonds. The maximum atomic E-state index is 11.6. The van der Waals surface area contributed by atoms with E-state index in [0.29, 0.717) is 18.5 Å². The summed E-state index contributed by atoms with van der Waals surface area (Å²) in [6, 6.07) is 6.45.